The van der Waals surface area contributed by atoms with E-state index in [1.54, 1.807) is 0 Å². The normalized spacial score (nSPS) is 18.2. The summed E-state index contributed by atoms with van der Waals surface area (Å²) in [6, 6.07) is 2.50. The lowest BCUT2D eigenvalue weighted by Gasteiger charge is -2.13. The maximum atomic E-state index is 12.2. The SMILES string of the molecule is CC(Nc1ccc(C(F)(F)F)nn1)C1CC1. The van der Waals surface area contributed by atoms with E-state index in [-0.39, 0.29) is 6.04 Å². The minimum atomic E-state index is -4.42. The largest absolute Gasteiger partial charge is 0.435 e. The fourth-order valence-electron chi connectivity index (χ4n) is 1.51. The second kappa shape index (κ2) is 3.92. The van der Waals surface area contributed by atoms with Crippen molar-refractivity contribution in [2.75, 3.05) is 5.32 Å². The molecular weight excluding hydrogens is 219 g/mol. The highest BCUT2D eigenvalue weighted by Gasteiger charge is 2.33. The molecule has 6 heteroatoms. The highest BCUT2D eigenvalue weighted by molar-refractivity contribution is 5.35. The first-order valence-corrected chi connectivity index (χ1v) is 5.14. The number of alkyl halides is 3. The van der Waals surface area contributed by atoms with Crippen LogP contribution in [-0.2, 0) is 6.18 Å². The van der Waals surface area contributed by atoms with Gasteiger partial charge in [0.15, 0.2) is 5.69 Å². The Morgan fingerprint density at radius 2 is 2.00 bits per heavy atom. The molecule has 3 nitrogen and oxygen atoms in total. The molecule has 0 aliphatic heterocycles. The van der Waals surface area contributed by atoms with Crippen LogP contribution in [-0.4, -0.2) is 16.2 Å². The van der Waals surface area contributed by atoms with Crippen molar-refractivity contribution in [3.63, 3.8) is 0 Å². The molecular formula is C10H12F3N3. The third-order valence-corrected chi connectivity index (χ3v) is 2.66. The quantitative estimate of drug-likeness (QED) is 0.869. The van der Waals surface area contributed by atoms with Gasteiger partial charge in [0, 0.05) is 6.04 Å². The van der Waals surface area contributed by atoms with Crippen LogP contribution in [0.5, 0.6) is 0 Å². The Bertz CT molecular complexity index is 357. The zero-order chi connectivity index (χ0) is 11.8. The van der Waals surface area contributed by atoms with Gasteiger partial charge in [-0.2, -0.15) is 13.2 Å². The Kier molecular flexibility index (Phi) is 2.73. The van der Waals surface area contributed by atoms with E-state index in [0.717, 1.165) is 6.07 Å². The molecule has 0 spiro atoms. The smallest absolute Gasteiger partial charge is 0.366 e. The van der Waals surface area contributed by atoms with Crippen molar-refractivity contribution in [3.05, 3.63) is 17.8 Å². The summed E-state index contributed by atoms with van der Waals surface area (Å²) in [6.45, 7) is 2.00. The first-order chi connectivity index (χ1) is 7.47. The van der Waals surface area contributed by atoms with Crippen LogP contribution in [0.1, 0.15) is 25.5 Å². The maximum Gasteiger partial charge on any atom is 0.435 e. The molecule has 0 radical (unpaired) electrons. The molecule has 1 atom stereocenters. The number of anilines is 1. The van der Waals surface area contributed by atoms with Crippen LogP contribution in [0.2, 0.25) is 0 Å². The lowest BCUT2D eigenvalue weighted by Crippen LogP contribution is -2.19. The van der Waals surface area contributed by atoms with Crippen LogP contribution in [0.4, 0.5) is 19.0 Å². The van der Waals surface area contributed by atoms with E-state index in [1.165, 1.54) is 18.9 Å². The summed E-state index contributed by atoms with van der Waals surface area (Å²) in [5.74, 6) is 1.01. The molecule has 16 heavy (non-hydrogen) atoms. The third kappa shape index (κ3) is 2.62. The van der Waals surface area contributed by atoms with E-state index < -0.39 is 11.9 Å². The van der Waals surface area contributed by atoms with E-state index in [9.17, 15) is 13.2 Å². The zero-order valence-electron chi connectivity index (χ0n) is 8.75. The van der Waals surface area contributed by atoms with Gasteiger partial charge in [-0.3, -0.25) is 0 Å². The van der Waals surface area contributed by atoms with E-state index in [4.69, 9.17) is 0 Å². The molecule has 0 saturated heterocycles. The number of nitrogens with one attached hydrogen (secondary N) is 1. The van der Waals surface area contributed by atoms with Gasteiger partial charge in [0.2, 0.25) is 0 Å². The van der Waals surface area contributed by atoms with Crippen LogP contribution in [0, 0.1) is 5.92 Å². The predicted molar refractivity (Wildman–Crippen MR) is 52.8 cm³/mol. The number of halogens is 3. The van der Waals surface area contributed by atoms with Gasteiger partial charge in [-0.25, -0.2) is 0 Å². The standard InChI is InChI=1S/C10H12F3N3/c1-6(7-2-3-7)14-9-5-4-8(15-16-9)10(11,12)13/h4-7H,2-3H2,1H3,(H,14,16). The summed E-state index contributed by atoms with van der Waals surface area (Å²) in [7, 11) is 0. The molecule has 1 saturated carbocycles. The Hall–Kier alpha value is -1.33. The minimum Gasteiger partial charge on any atom is -0.366 e. The Balaban J connectivity index is 2.01. The summed E-state index contributed by atoms with van der Waals surface area (Å²) in [5, 5.41) is 9.70. The molecule has 1 heterocycles. The second-order valence-corrected chi connectivity index (χ2v) is 4.07. The molecule has 2 rings (SSSR count). The Morgan fingerprint density at radius 1 is 1.31 bits per heavy atom. The van der Waals surface area contributed by atoms with Crippen molar-refractivity contribution >= 4 is 5.82 Å². The highest BCUT2D eigenvalue weighted by Crippen LogP contribution is 2.33. The van der Waals surface area contributed by atoms with Crippen molar-refractivity contribution in [1.29, 1.82) is 0 Å². The second-order valence-electron chi connectivity index (χ2n) is 4.07. The van der Waals surface area contributed by atoms with Gasteiger partial charge < -0.3 is 5.32 Å². The molecule has 0 amide bonds. The summed E-state index contributed by atoms with van der Waals surface area (Å²) in [6.07, 6.45) is -2.09. The topological polar surface area (TPSA) is 37.8 Å². The van der Waals surface area contributed by atoms with E-state index in [0.29, 0.717) is 11.7 Å². The van der Waals surface area contributed by atoms with Gasteiger partial charge >= 0.3 is 6.18 Å². The van der Waals surface area contributed by atoms with E-state index in [1.807, 2.05) is 6.92 Å². The molecule has 1 aliphatic rings. The average Bonchev–Trinajstić information content (AvgIpc) is 3.00. The molecule has 1 aliphatic carbocycles. The number of rotatable bonds is 3. The molecule has 1 fully saturated rings. The van der Waals surface area contributed by atoms with Crippen LogP contribution in [0.3, 0.4) is 0 Å². The summed E-state index contributed by atoms with van der Waals surface area (Å²) < 4.78 is 36.6. The average molecular weight is 231 g/mol. The van der Waals surface area contributed by atoms with Crippen LogP contribution in [0.25, 0.3) is 0 Å². The van der Waals surface area contributed by atoms with Crippen molar-refractivity contribution in [2.45, 2.75) is 32.0 Å². The zero-order valence-corrected chi connectivity index (χ0v) is 8.75. The summed E-state index contributed by atoms with van der Waals surface area (Å²) in [5.41, 5.74) is -0.961. The molecule has 0 bridgehead atoms. The molecule has 88 valence electrons. The monoisotopic (exact) mass is 231 g/mol. The highest BCUT2D eigenvalue weighted by atomic mass is 19.4. The van der Waals surface area contributed by atoms with Gasteiger partial charge in [0.1, 0.15) is 5.82 Å². The van der Waals surface area contributed by atoms with Gasteiger partial charge in [-0.15, -0.1) is 10.2 Å². The molecule has 1 N–H and O–H groups in total. The number of nitrogens with zero attached hydrogens (tertiary/aromatic N) is 2. The Morgan fingerprint density at radius 3 is 2.44 bits per heavy atom. The van der Waals surface area contributed by atoms with Gasteiger partial charge in [0.05, 0.1) is 0 Å². The van der Waals surface area contributed by atoms with Crippen LogP contribution >= 0.6 is 0 Å². The van der Waals surface area contributed by atoms with Gasteiger partial charge in [-0.1, -0.05) is 0 Å². The number of hydrogen-bond donors (Lipinski definition) is 1. The summed E-state index contributed by atoms with van der Waals surface area (Å²) in [4.78, 5) is 0. The summed E-state index contributed by atoms with van der Waals surface area (Å²) >= 11 is 0. The fraction of sp³-hybridized carbons (Fsp3) is 0.600. The number of hydrogen-bond acceptors (Lipinski definition) is 3. The molecule has 0 aromatic carbocycles. The van der Waals surface area contributed by atoms with Crippen LogP contribution < -0.4 is 5.32 Å². The third-order valence-electron chi connectivity index (χ3n) is 2.66. The lowest BCUT2D eigenvalue weighted by atomic mass is 10.2. The lowest BCUT2D eigenvalue weighted by molar-refractivity contribution is -0.141. The van der Waals surface area contributed by atoms with Crippen molar-refractivity contribution < 1.29 is 13.2 Å². The van der Waals surface area contributed by atoms with E-state index in [2.05, 4.69) is 15.5 Å². The van der Waals surface area contributed by atoms with Crippen molar-refractivity contribution in [3.8, 4) is 0 Å². The maximum absolute atomic E-state index is 12.2. The molecule has 1 aromatic heterocycles. The Labute approximate surface area is 91.1 Å². The predicted octanol–water partition coefficient (Wildman–Crippen LogP) is 2.71. The first-order valence-electron chi connectivity index (χ1n) is 5.14. The van der Waals surface area contributed by atoms with Gasteiger partial charge in [0.25, 0.3) is 0 Å². The minimum absolute atomic E-state index is 0.242. The molecule has 1 aromatic rings. The molecule has 1 unspecified atom stereocenters. The van der Waals surface area contributed by atoms with Crippen molar-refractivity contribution in [2.24, 2.45) is 5.92 Å². The van der Waals surface area contributed by atoms with Crippen LogP contribution in [0.15, 0.2) is 12.1 Å². The van der Waals surface area contributed by atoms with E-state index >= 15 is 0 Å². The van der Waals surface area contributed by atoms with Gasteiger partial charge in [-0.05, 0) is 37.8 Å². The number of aromatic nitrogens is 2. The van der Waals surface area contributed by atoms with Crippen molar-refractivity contribution in [1.82, 2.24) is 10.2 Å². The first kappa shape index (κ1) is 11.2. The fourth-order valence-corrected chi connectivity index (χ4v) is 1.51.